The summed E-state index contributed by atoms with van der Waals surface area (Å²) in [5.41, 5.74) is 5.43. The zero-order chi connectivity index (χ0) is 22.0. The highest BCUT2D eigenvalue weighted by molar-refractivity contribution is 5.93. The van der Waals surface area contributed by atoms with Gasteiger partial charge in [0.15, 0.2) is 5.78 Å². The van der Waals surface area contributed by atoms with Crippen LogP contribution < -0.4 is 4.90 Å². The van der Waals surface area contributed by atoms with E-state index < -0.39 is 5.60 Å². The van der Waals surface area contributed by atoms with Crippen molar-refractivity contribution in [3.05, 3.63) is 52.6 Å². The van der Waals surface area contributed by atoms with Gasteiger partial charge in [-0.15, -0.1) is 6.42 Å². The van der Waals surface area contributed by atoms with E-state index in [0.717, 1.165) is 32.1 Å². The third-order valence-electron chi connectivity index (χ3n) is 8.94. The van der Waals surface area contributed by atoms with Gasteiger partial charge in [-0.25, -0.2) is 0 Å². The monoisotopic (exact) mass is 415 g/mol. The van der Waals surface area contributed by atoms with Gasteiger partial charge < -0.3 is 10.0 Å². The molecule has 5 atom stereocenters. The number of allylic oxidation sites excluding steroid dienone is 4. The van der Waals surface area contributed by atoms with Crippen molar-refractivity contribution in [1.29, 1.82) is 0 Å². The number of carbonyl (C=O) groups excluding carboxylic acids is 1. The van der Waals surface area contributed by atoms with Gasteiger partial charge in [0.25, 0.3) is 0 Å². The first kappa shape index (κ1) is 20.6. The topological polar surface area (TPSA) is 40.5 Å². The third-order valence-corrected chi connectivity index (χ3v) is 8.94. The summed E-state index contributed by atoms with van der Waals surface area (Å²) < 4.78 is 0. The zero-order valence-electron chi connectivity index (χ0n) is 18.9. The van der Waals surface area contributed by atoms with Crippen LogP contribution in [0.4, 0.5) is 5.69 Å². The molecule has 4 aliphatic rings. The second kappa shape index (κ2) is 7.10. The fourth-order valence-corrected chi connectivity index (χ4v) is 7.21. The van der Waals surface area contributed by atoms with E-state index in [1.165, 1.54) is 22.4 Å². The molecule has 1 aromatic rings. The van der Waals surface area contributed by atoms with E-state index in [2.05, 4.69) is 56.1 Å². The number of nitrogens with zero attached hydrogens (tertiary/aromatic N) is 1. The lowest BCUT2D eigenvalue weighted by Crippen LogP contribution is -2.50. The summed E-state index contributed by atoms with van der Waals surface area (Å²) in [6, 6.07) is 8.89. The standard InChI is InChI=1S/C28H33NO2/c1-5-28(31)15-14-25-23-12-8-19-16-21(30)11-13-22(19)26(23)24(17-27(25,28)2)18-6-9-20(10-7-18)29(3)4/h1,6-7,9-10,16,23-25,31H,8,11-15,17H2,2-4H3/t23?,24-,25?,27+,28?/m1/s1. The first-order valence-corrected chi connectivity index (χ1v) is 11.7. The average molecular weight is 416 g/mol. The number of carbonyl (C=O) groups is 1. The molecule has 2 fully saturated rings. The van der Waals surface area contributed by atoms with Gasteiger partial charge in [-0.05, 0) is 85.3 Å². The minimum absolute atomic E-state index is 0.243. The lowest BCUT2D eigenvalue weighted by molar-refractivity contribution is -0.114. The molecule has 1 aromatic carbocycles. The summed E-state index contributed by atoms with van der Waals surface area (Å²) >= 11 is 0. The van der Waals surface area contributed by atoms with Crippen LogP contribution in [0.3, 0.4) is 0 Å². The average Bonchev–Trinajstić information content (AvgIpc) is 3.04. The Morgan fingerprint density at radius 1 is 1.13 bits per heavy atom. The largest absolute Gasteiger partial charge is 0.378 e. The van der Waals surface area contributed by atoms with Crippen molar-refractivity contribution in [3.8, 4) is 12.3 Å². The molecule has 162 valence electrons. The fourth-order valence-electron chi connectivity index (χ4n) is 7.21. The number of fused-ring (bicyclic) bond motifs is 4. The Kier molecular flexibility index (Phi) is 4.72. The van der Waals surface area contributed by atoms with E-state index in [1.54, 1.807) is 5.57 Å². The van der Waals surface area contributed by atoms with E-state index in [-0.39, 0.29) is 17.1 Å². The van der Waals surface area contributed by atoms with Gasteiger partial charge in [0, 0.05) is 37.5 Å². The molecule has 31 heavy (non-hydrogen) atoms. The molecule has 0 bridgehead atoms. The minimum Gasteiger partial charge on any atom is -0.378 e. The number of terminal acetylenes is 1. The number of anilines is 1. The van der Waals surface area contributed by atoms with Crippen LogP contribution in [-0.4, -0.2) is 30.6 Å². The normalized spacial score (nSPS) is 36.8. The van der Waals surface area contributed by atoms with E-state index in [1.807, 2.05) is 6.08 Å². The second-order valence-corrected chi connectivity index (χ2v) is 10.5. The molecule has 5 rings (SSSR count). The van der Waals surface area contributed by atoms with Crippen molar-refractivity contribution in [2.45, 2.75) is 63.4 Å². The van der Waals surface area contributed by atoms with E-state index >= 15 is 0 Å². The predicted octanol–water partition coefficient (Wildman–Crippen LogP) is 5.02. The first-order chi connectivity index (χ1) is 14.8. The van der Waals surface area contributed by atoms with E-state index in [0.29, 0.717) is 24.7 Å². The maximum Gasteiger partial charge on any atom is 0.156 e. The van der Waals surface area contributed by atoms with Crippen molar-refractivity contribution in [1.82, 2.24) is 0 Å². The summed E-state index contributed by atoms with van der Waals surface area (Å²) in [6.07, 6.45) is 13.9. The quantitative estimate of drug-likeness (QED) is 0.690. The Labute approximate surface area is 186 Å². The summed E-state index contributed by atoms with van der Waals surface area (Å²) in [6.45, 7) is 2.24. The number of hydrogen-bond donors (Lipinski definition) is 1. The molecule has 0 amide bonds. The number of rotatable bonds is 2. The highest BCUT2D eigenvalue weighted by atomic mass is 16.3. The van der Waals surface area contributed by atoms with Crippen LogP contribution in [0.15, 0.2) is 47.1 Å². The van der Waals surface area contributed by atoms with Crippen molar-refractivity contribution in [3.63, 3.8) is 0 Å². The Balaban J connectivity index is 1.67. The third kappa shape index (κ3) is 2.95. The highest BCUT2D eigenvalue weighted by Gasteiger charge is 2.62. The van der Waals surface area contributed by atoms with Gasteiger partial charge in [0.2, 0.25) is 0 Å². The number of ketones is 1. The molecule has 3 nitrogen and oxygen atoms in total. The summed E-state index contributed by atoms with van der Waals surface area (Å²) in [5.74, 6) is 4.18. The van der Waals surface area contributed by atoms with Crippen LogP contribution in [0, 0.1) is 29.6 Å². The van der Waals surface area contributed by atoms with Crippen LogP contribution in [0.25, 0.3) is 0 Å². The van der Waals surface area contributed by atoms with Gasteiger partial charge in [-0.3, -0.25) is 4.79 Å². The molecule has 0 saturated heterocycles. The molecule has 0 radical (unpaired) electrons. The molecule has 0 aliphatic heterocycles. The zero-order valence-corrected chi connectivity index (χ0v) is 18.9. The number of hydrogen-bond acceptors (Lipinski definition) is 3. The summed E-state index contributed by atoms with van der Waals surface area (Å²) in [7, 11) is 4.12. The van der Waals surface area contributed by atoms with Crippen molar-refractivity contribution >= 4 is 11.5 Å². The summed E-state index contributed by atoms with van der Waals surface area (Å²) in [5, 5.41) is 11.5. The smallest absolute Gasteiger partial charge is 0.156 e. The number of benzene rings is 1. The van der Waals surface area contributed by atoms with Crippen molar-refractivity contribution < 1.29 is 9.90 Å². The van der Waals surface area contributed by atoms with Crippen molar-refractivity contribution in [2.75, 3.05) is 19.0 Å². The molecule has 3 unspecified atom stereocenters. The molecular formula is C28H33NO2. The number of aliphatic hydroxyl groups is 1. The first-order valence-electron chi connectivity index (χ1n) is 11.7. The molecule has 1 N–H and O–H groups in total. The van der Waals surface area contributed by atoms with Crippen LogP contribution >= 0.6 is 0 Å². The van der Waals surface area contributed by atoms with Gasteiger partial charge in [0.05, 0.1) is 0 Å². The van der Waals surface area contributed by atoms with Gasteiger partial charge in [0.1, 0.15) is 5.60 Å². The minimum atomic E-state index is -1.03. The van der Waals surface area contributed by atoms with Gasteiger partial charge in [-0.1, -0.05) is 30.6 Å². The molecule has 0 heterocycles. The lowest BCUT2D eigenvalue weighted by Gasteiger charge is -2.53. The lowest BCUT2D eigenvalue weighted by atomic mass is 9.51. The van der Waals surface area contributed by atoms with Crippen LogP contribution in [0.2, 0.25) is 0 Å². The second-order valence-electron chi connectivity index (χ2n) is 10.5. The van der Waals surface area contributed by atoms with Crippen LogP contribution in [0.1, 0.15) is 63.4 Å². The maximum absolute atomic E-state index is 12.1. The Bertz CT molecular complexity index is 1020. The highest BCUT2D eigenvalue weighted by Crippen LogP contribution is 2.66. The van der Waals surface area contributed by atoms with Crippen molar-refractivity contribution in [2.24, 2.45) is 17.3 Å². The van der Waals surface area contributed by atoms with E-state index in [4.69, 9.17) is 6.42 Å². The molecule has 0 spiro atoms. The van der Waals surface area contributed by atoms with Gasteiger partial charge in [-0.2, -0.15) is 0 Å². The fraction of sp³-hybridized carbons (Fsp3) is 0.536. The Morgan fingerprint density at radius 2 is 1.87 bits per heavy atom. The summed E-state index contributed by atoms with van der Waals surface area (Å²) in [4.78, 5) is 14.2. The Hall–Kier alpha value is -2.31. The van der Waals surface area contributed by atoms with Crippen LogP contribution in [-0.2, 0) is 4.79 Å². The molecule has 4 aliphatic carbocycles. The molecule has 0 aromatic heterocycles. The predicted molar refractivity (Wildman–Crippen MR) is 125 cm³/mol. The SMILES string of the molecule is C#CC1(O)CCC2C3CCC4=CC(=O)CCC4=C3[C@@H](c3ccc(N(C)C)cc3)C[C@@]21C. The Morgan fingerprint density at radius 3 is 2.55 bits per heavy atom. The molecule has 2 saturated carbocycles. The van der Waals surface area contributed by atoms with Gasteiger partial charge >= 0.3 is 0 Å². The molecular weight excluding hydrogens is 382 g/mol. The molecule has 3 heteroatoms. The van der Waals surface area contributed by atoms with Crippen LogP contribution in [0.5, 0.6) is 0 Å². The maximum atomic E-state index is 12.1. The van der Waals surface area contributed by atoms with E-state index in [9.17, 15) is 9.90 Å².